The zero-order valence-corrected chi connectivity index (χ0v) is 18.0. The van der Waals surface area contributed by atoms with E-state index in [9.17, 15) is 14.4 Å². The Morgan fingerprint density at radius 2 is 1.89 bits per heavy atom. The van der Waals surface area contributed by atoms with Crippen LogP contribution in [0.4, 0.5) is 0 Å². The Hall–Kier alpha value is -1.91. The summed E-state index contributed by atoms with van der Waals surface area (Å²) in [4.78, 5) is 36.6. The predicted molar refractivity (Wildman–Crippen MR) is 107 cm³/mol. The second kappa shape index (κ2) is 9.06. The highest BCUT2D eigenvalue weighted by Gasteiger charge is 2.55. The quantitative estimate of drug-likeness (QED) is 0.385. The molecule has 0 amide bonds. The molecule has 0 bridgehead atoms. The van der Waals surface area contributed by atoms with Crippen molar-refractivity contribution in [3.05, 3.63) is 23.8 Å². The molecule has 0 spiro atoms. The smallest absolute Gasteiger partial charge is 0.331 e. The summed E-state index contributed by atoms with van der Waals surface area (Å²) >= 11 is 0. The molecule has 2 saturated carbocycles. The molecule has 0 saturated heterocycles. The highest BCUT2D eigenvalue weighted by molar-refractivity contribution is 5.86. The second-order valence-electron chi connectivity index (χ2n) is 8.68. The highest BCUT2D eigenvalue weighted by atomic mass is 16.5. The number of allylic oxidation sites excluding steroid dienone is 1. The van der Waals surface area contributed by atoms with E-state index in [1.165, 1.54) is 13.0 Å². The van der Waals surface area contributed by atoms with Crippen molar-refractivity contribution in [2.75, 3.05) is 0 Å². The highest BCUT2D eigenvalue weighted by Crippen LogP contribution is 2.53. The van der Waals surface area contributed by atoms with Crippen LogP contribution in [0, 0.1) is 29.6 Å². The molecule has 2 fully saturated rings. The Labute approximate surface area is 168 Å². The zero-order chi connectivity index (χ0) is 21.2. The summed E-state index contributed by atoms with van der Waals surface area (Å²) in [6.07, 6.45) is 2.53. The van der Waals surface area contributed by atoms with Crippen molar-refractivity contribution < 1.29 is 23.9 Å². The number of carbonyl (C=O) groups is 3. The maximum absolute atomic E-state index is 12.8. The summed E-state index contributed by atoms with van der Waals surface area (Å²) in [5.74, 6) is -0.388. The van der Waals surface area contributed by atoms with Gasteiger partial charge in [0.15, 0.2) is 0 Å². The molecule has 0 aromatic heterocycles. The van der Waals surface area contributed by atoms with E-state index in [1.54, 1.807) is 6.92 Å². The van der Waals surface area contributed by atoms with Crippen molar-refractivity contribution in [2.24, 2.45) is 29.6 Å². The average molecular weight is 391 g/mol. The Bertz CT molecular complexity index is 674. The van der Waals surface area contributed by atoms with Gasteiger partial charge in [0.05, 0.1) is 5.92 Å². The summed E-state index contributed by atoms with van der Waals surface area (Å²) in [6, 6.07) is 0. The number of esters is 2. The lowest BCUT2D eigenvalue weighted by Gasteiger charge is -2.44. The number of hydrogen-bond acceptors (Lipinski definition) is 5. The van der Waals surface area contributed by atoms with Crippen LogP contribution in [0.15, 0.2) is 23.8 Å². The van der Waals surface area contributed by atoms with Crippen LogP contribution in [0.3, 0.4) is 0 Å². The van der Waals surface area contributed by atoms with Crippen LogP contribution < -0.4 is 0 Å². The van der Waals surface area contributed by atoms with Crippen molar-refractivity contribution in [1.82, 2.24) is 0 Å². The van der Waals surface area contributed by atoms with Crippen molar-refractivity contribution in [2.45, 2.75) is 73.0 Å². The molecule has 0 N–H and O–H groups in total. The van der Waals surface area contributed by atoms with Crippen LogP contribution in [-0.4, -0.2) is 29.9 Å². The van der Waals surface area contributed by atoms with Gasteiger partial charge in [-0.3, -0.25) is 9.59 Å². The van der Waals surface area contributed by atoms with Crippen LogP contribution in [0.1, 0.15) is 60.8 Å². The molecule has 156 valence electrons. The summed E-state index contributed by atoms with van der Waals surface area (Å²) in [5.41, 5.74) is 1.79. The average Bonchev–Trinajstić information content (AvgIpc) is 2.93. The van der Waals surface area contributed by atoms with E-state index >= 15 is 0 Å². The van der Waals surface area contributed by atoms with Crippen molar-refractivity contribution >= 4 is 17.7 Å². The van der Waals surface area contributed by atoms with Crippen molar-refractivity contribution in [1.29, 1.82) is 0 Å². The first-order valence-electron chi connectivity index (χ1n) is 10.3. The van der Waals surface area contributed by atoms with E-state index in [2.05, 4.69) is 20.4 Å². The van der Waals surface area contributed by atoms with Crippen molar-refractivity contribution in [3.8, 4) is 0 Å². The van der Waals surface area contributed by atoms with E-state index in [0.29, 0.717) is 18.8 Å². The lowest BCUT2D eigenvalue weighted by atomic mass is 9.63. The molecule has 2 rings (SSSR count). The van der Waals surface area contributed by atoms with Gasteiger partial charge in [-0.15, -0.1) is 0 Å². The number of hydrogen-bond donors (Lipinski definition) is 0. The summed E-state index contributed by atoms with van der Waals surface area (Å²) < 4.78 is 11.1. The van der Waals surface area contributed by atoms with Crippen LogP contribution in [0.25, 0.3) is 0 Å². The Morgan fingerprint density at radius 3 is 2.43 bits per heavy atom. The maximum Gasteiger partial charge on any atom is 0.331 e. The number of ketones is 1. The van der Waals surface area contributed by atoms with Crippen LogP contribution in [-0.2, 0) is 23.9 Å². The third-order valence-corrected chi connectivity index (χ3v) is 6.44. The van der Waals surface area contributed by atoms with Crippen LogP contribution in [0.5, 0.6) is 0 Å². The first-order chi connectivity index (χ1) is 13.1. The molecular weight excluding hydrogens is 356 g/mol. The Morgan fingerprint density at radius 1 is 1.25 bits per heavy atom. The van der Waals surface area contributed by atoms with Gasteiger partial charge < -0.3 is 9.47 Å². The molecule has 0 heterocycles. The first-order valence-corrected chi connectivity index (χ1v) is 10.3. The lowest BCUT2D eigenvalue weighted by molar-refractivity contribution is -0.153. The monoisotopic (exact) mass is 390 g/mol. The van der Waals surface area contributed by atoms with Crippen molar-refractivity contribution in [3.63, 3.8) is 0 Å². The first kappa shape index (κ1) is 22.4. The van der Waals surface area contributed by atoms with Gasteiger partial charge in [-0.1, -0.05) is 32.9 Å². The normalized spacial score (nSPS) is 31.5. The number of rotatable bonds is 6. The molecule has 0 aromatic carbocycles. The van der Waals surface area contributed by atoms with E-state index in [1.807, 2.05) is 13.8 Å². The van der Waals surface area contributed by atoms with Crippen LogP contribution in [0.2, 0.25) is 0 Å². The predicted octanol–water partition coefficient (Wildman–Crippen LogP) is 4.26. The van der Waals surface area contributed by atoms with Crippen LogP contribution >= 0.6 is 0 Å². The van der Waals surface area contributed by atoms with Gasteiger partial charge in [0.1, 0.15) is 18.0 Å². The van der Waals surface area contributed by atoms with Gasteiger partial charge in [-0.05, 0) is 55.9 Å². The number of ether oxygens (including phenoxy) is 2. The number of Topliss-reactive ketones (excluding diaryl/α,β-unsaturated/α-hetero) is 1. The summed E-state index contributed by atoms with van der Waals surface area (Å²) in [5, 5.41) is 0. The summed E-state index contributed by atoms with van der Waals surface area (Å²) in [7, 11) is 0. The number of fused-ring (bicyclic) bond motifs is 1. The van der Waals surface area contributed by atoms with Gasteiger partial charge in [-0.2, -0.15) is 0 Å². The van der Waals surface area contributed by atoms with Gasteiger partial charge in [0, 0.05) is 19.4 Å². The zero-order valence-electron chi connectivity index (χ0n) is 18.0. The molecule has 0 aromatic rings. The SMILES string of the molecule is C=C1[C@H]2CC(=O)[C@@H]([C@H](C)OC(C)=O)[C@@H]2[C@@H](C(C)C)C[C@H]1OC(=O)/C=C(\C)CC. The minimum absolute atomic E-state index is 0.0364. The fourth-order valence-electron chi connectivity index (χ4n) is 4.92. The van der Waals surface area contributed by atoms with Gasteiger partial charge >= 0.3 is 11.9 Å². The van der Waals surface area contributed by atoms with Gasteiger partial charge in [0.2, 0.25) is 0 Å². The fourth-order valence-corrected chi connectivity index (χ4v) is 4.92. The minimum Gasteiger partial charge on any atom is -0.462 e. The molecule has 0 unspecified atom stereocenters. The molecular formula is C23H34O5. The van der Waals surface area contributed by atoms with E-state index in [-0.39, 0.29) is 47.5 Å². The Kier molecular flexibility index (Phi) is 7.24. The molecule has 6 atom stereocenters. The van der Waals surface area contributed by atoms with Gasteiger partial charge in [0.25, 0.3) is 0 Å². The lowest BCUT2D eigenvalue weighted by Crippen LogP contribution is -2.44. The van der Waals surface area contributed by atoms with E-state index in [4.69, 9.17) is 9.47 Å². The van der Waals surface area contributed by atoms with E-state index in [0.717, 1.165) is 17.6 Å². The topological polar surface area (TPSA) is 69.7 Å². The van der Waals surface area contributed by atoms with E-state index < -0.39 is 6.10 Å². The molecule has 0 aliphatic heterocycles. The fraction of sp³-hybridized carbons (Fsp3) is 0.696. The third kappa shape index (κ3) is 4.73. The Balaban J connectivity index is 2.26. The molecule has 5 nitrogen and oxygen atoms in total. The maximum atomic E-state index is 12.8. The van der Waals surface area contributed by atoms with Gasteiger partial charge in [-0.25, -0.2) is 4.79 Å². The minimum atomic E-state index is -0.455. The molecule has 2 aliphatic carbocycles. The number of carbonyl (C=O) groups excluding carboxylic acids is 3. The largest absolute Gasteiger partial charge is 0.462 e. The summed E-state index contributed by atoms with van der Waals surface area (Å²) in [6.45, 7) is 15.5. The molecule has 0 radical (unpaired) electrons. The second-order valence-corrected chi connectivity index (χ2v) is 8.68. The molecule has 5 heteroatoms. The standard InChI is InChI=1S/C23H34O5/c1-8-13(4)9-21(26)28-20-11-17(12(2)3)23-18(14(20)5)10-19(25)22(23)15(6)27-16(7)24/h9,12,15,17-18,20,22-23H,5,8,10-11H2,1-4,6-7H3/b13-9+/t15-,17+,18+,20+,22+,23+/m0/s1. The third-order valence-electron chi connectivity index (χ3n) is 6.44. The molecule has 28 heavy (non-hydrogen) atoms. The molecule has 2 aliphatic rings.